The van der Waals surface area contributed by atoms with Crippen molar-refractivity contribution >= 4 is 80.2 Å². The molecule has 0 aliphatic rings. The molecule has 150 valence electrons. The summed E-state index contributed by atoms with van der Waals surface area (Å²) < 4.78 is 140. The quantitative estimate of drug-likeness (QED) is 0.478. The predicted octanol–water partition coefficient (Wildman–Crippen LogP) is 3.78. The van der Waals surface area contributed by atoms with E-state index in [0.29, 0.717) is 53.8 Å². The van der Waals surface area contributed by atoms with Crippen molar-refractivity contribution in [3.63, 3.8) is 0 Å². The molecule has 0 aromatic heterocycles. The molecule has 0 heterocycles. The second-order valence-corrected chi connectivity index (χ2v) is 7.89. The molecule has 19 heteroatoms. The average molecular weight is 455 g/mol. The third-order valence-corrected chi connectivity index (χ3v) is 3.62. The summed E-state index contributed by atoms with van der Waals surface area (Å²) in [4.78, 5) is 0.408. The van der Waals surface area contributed by atoms with Crippen molar-refractivity contribution in [3.8, 4) is 0 Å². The molecule has 0 aliphatic heterocycles. The molecule has 0 saturated heterocycles. The first-order chi connectivity index (χ1) is 11.0. The number of hydrogen-bond donors (Lipinski definition) is 0. The Balaban J connectivity index is -0.000000300. The topological polar surface area (TPSA) is 34.1 Å². The Morgan fingerprint density at radius 1 is 0.654 bits per heavy atom. The fourth-order valence-corrected chi connectivity index (χ4v) is 1.94. The predicted molar refractivity (Wildman–Crippen MR) is 75.5 cm³/mol. The maximum Gasteiger partial charge on any atom is 0.673 e. The van der Waals surface area contributed by atoms with E-state index in [-0.39, 0.29) is 0 Å². The van der Waals surface area contributed by atoms with E-state index in [1.165, 1.54) is 5.91 Å². The van der Waals surface area contributed by atoms with Gasteiger partial charge in [-0.1, -0.05) is 0 Å². The van der Waals surface area contributed by atoms with Gasteiger partial charge in [-0.25, -0.2) is 0 Å². The van der Waals surface area contributed by atoms with E-state index in [0.717, 1.165) is 0 Å². The molecule has 0 bridgehead atoms. The van der Waals surface area contributed by atoms with Gasteiger partial charge in [0.25, 0.3) is 0 Å². The van der Waals surface area contributed by atoms with Gasteiger partial charge < -0.3 is 51.8 Å². The van der Waals surface area contributed by atoms with E-state index in [9.17, 15) is 60.2 Å². The van der Waals surface area contributed by atoms with Gasteiger partial charge in [-0.15, -0.1) is 0 Å². The molecule has 0 radical (unpaired) electrons. The van der Waals surface area contributed by atoms with Gasteiger partial charge in [0.2, 0.25) is 0 Å². The first kappa shape index (κ1) is 30.9. The standard InChI is InChI=1S/C7H7O2S.3BF4.K/c1-10(8,9)7-5-3-2-4-6-7;3*2-1(3,4)5;/h3-6H,1H3;;;;/q;3*-1;. The molecule has 0 fully saturated rings. The monoisotopic (exact) mass is 455 g/mol. The summed E-state index contributed by atoms with van der Waals surface area (Å²) in [6.07, 6.45) is 1.22. The van der Waals surface area contributed by atoms with Crippen molar-refractivity contribution < 1.29 is 60.2 Å². The van der Waals surface area contributed by atoms with Crippen molar-refractivity contribution in [2.24, 2.45) is 0 Å². The second-order valence-electron chi connectivity index (χ2n) is 4.07. The minimum Gasteiger partial charge on any atom is -0.418 e. The second kappa shape index (κ2) is 12.6. The zero-order valence-electron chi connectivity index (χ0n) is 12.8. The number of benzene rings is 1. The molecule has 1 aromatic rings. The number of hydrogen-bond acceptors (Lipinski definition) is 2. The molecule has 26 heavy (non-hydrogen) atoms. The Labute approximate surface area is 174 Å². The first-order valence-electron chi connectivity index (χ1n) is 5.89. The summed E-state index contributed by atoms with van der Waals surface area (Å²) >= 11 is 0.628. The number of halogens is 12. The third-order valence-electron chi connectivity index (χ3n) is 1.45. The fraction of sp³-hybridized carbons (Fsp3) is 0.143. The van der Waals surface area contributed by atoms with Crippen LogP contribution in [0, 0.1) is 0 Å². The zero-order chi connectivity index (χ0) is 22.0. The number of sulfone groups is 1. The van der Waals surface area contributed by atoms with Gasteiger partial charge in [-0.3, -0.25) is 0 Å². The molecule has 2 nitrogen and oxygen atoms in total. The summed E-state index contributed by atoms with van der Waals surface area (Å²) in [5.74, 6) is 0. The minimum absolute atomic E-state index is 0.408. The molecular formula is C7H7B3F12KO2S-3. The summed E-state index contributed by atoms with van der Waals surface area (Å²) in [6, 6.07) is 7.07. The van der Waals surface area contributed by atoms with E-state index in [4.69, 9.17) is 0 Å². The van der Waals surface area contributed by atoms with Crippen LogP contribution in [0.5, 0.6) is 0 Å². The van der Waals surface area contributed by atoms with Crippen molar-refractivity contribution in [1.82, 2.24) is 0 Å². The van der Waals surface area contributed by atoms with Crippen LogP contribution in [0.25, 0.3) is 0 Å². The Morgan fingerprint density at radius 3 is 1.00 bits per heavy atom. The summed E-state index contributed by atoms with van der Waals surface area (Å²) in [7, 11) is -21.0. The maximum atomic E-state index is 11.0. The summed E-state index contributed by atoms with van der Waals surface area (Å²) in [5.41, 5.74) is 0. The Bertz CT molecular complexity index is 551. The van der Waals surface area contributed by atoms with Crippen LogP contribution < -0.4 is -0.342 Å². The number of rotatable bonds is 1. The molecule has 0 spiro atoms. The normalized spacial score (nSPS) is 11.8. The Morgan fingerprint density at radius 2 is 0.846 bits per heavy atom. The molecule has 0 saturated carbocycles. The SMILES string of the molecule is CS(=O)(=O)c1cc[c]([K])cc1.F[B-](F)(F)F.F[B-](F)(F)F.F[B-](F)(F)F. The average Bonchev–Trinajstić information content (AvgIpc) is 2.20. The largest absolute Gasteiger partial charge is 0.673 e. The molecule has 0 N–H and O–H groups in total. The zero-order valence-corrected chi connectivity index (χ0v) is 16.7. The fourth-order valence-electron chi connectivity index (χ4n) is 0.785. The van der Waals surface area contributed by atoms with Crippen LogP contribution in [0.4, 0.5) is 51.8 Å². The molecule has 1 aromatic carbocycles. The molecule has 0 atom stereocenters. The molecule has 0 amide bonds. The summed E-state index contributed by atoms with van der Waals surface area (Å²) in [6.45, 7) is 0. The third kappa shape index (κ3) is 49.6. The van der Waals surface area contributed by atoms with E-state index >= 15 is 0 Å². The van der Waals surface area contributed by atoms with Crippen LogP contribution in [0.1, 0.15) is 0 Å². The van der Waals surface area contributed by atoms with E-state index in [1.54, 1.807) is 12.1 Å². The molecular weight excluding hydrogens is 448 g/mol. The Hall–Kier alpha value is 0.161. The van der Waals surface area contributed by atoms with Crippen molar-refractivity contribution in [3.05, 3.63) is 24.3 Å². The van der Waals surface area contributed by atoms with Gasteiger partial charge in [-0.05, 0) is 0 Å². The molecule has 1 rings (SSSR count). The maximum absolute atomic E-state index is 11.0. The van der Waals surface area contributed by atoms with E-state index < -0.39 is 31.6 Å². The van der Waals surface area contributed by atoms with Crippen LogP contribution >= 0.6 is 0 Å². The molecule has 0 aliphatic carbocycles. The van der Waals surface area contributed by atoms with Crippen molar-refractivity contribution in [2.75, 3.05) is 6.26 Å². The van der Waals surface area contributed by atoms with Gasteiger partial charge >= 0.3 is 124 Å². The smallest absolute Gasteiger partial charge is 0.418 e. The van der Waals surface area contributed by atoms with E-state index in [2.05, 4.69) is 0 Å². The van der Waals surface area contributed by atoms with Crippen LogP contribution in [0.15, 0.2) is 29.2 Å². The van der Waals surface area contributed by atoms with Crippen LogP contribution in [-0.4, -0.2) is 85.4 Å². The Kier molecular flexibility index (Phi) is 14.9. The van der Waals surface area contributed by atoms with Gasteiger partial charge in [0.15, 0.2) is 0 Å². The van der Waals surface area contributed by atoms with Crippen molar-refractivity contribution in [1.29, 1.82) is 0 Å². The van der Waals surface area contributed by atoms with Crippen LogP contribution in [-0.2, 0) is 9.84 Å². The van der Waals surface area contributed by atoms with Gasteiger partial charge in [0, 0.05) is 0 Å². The summed E-state index contributed by atoms with van der Waals surface area (Å²) in [5, 5.41) is 0. The van der Waals surface area contributed by atoms with Crippen molar-refractivity contribution in [2.45, 2.75) is 4.90 Å². The van der Waals surface area contributed by atoms with Gasteiger partial charge in [-0.2, -0.15) is 0 Å². The van der Waals surface area contributed by atoms with Gasteiger partial charge in [0.1, 0.15) is 0 Å². The van der Waals surface area contributed by atoms with Crippen LogP contribution in [0.3, 0.4) is 0 Å². The first-order valence-corrected chi connectivity index (χ1v) is 9.34. The van der Waals surface area contributed by atoms with Gasteiger partial charge in [0.05, 0.1) is 0 Å². The van der Waals surface area contributed by atoms with E-state index in [1.807, 2.05) is 12.1 Å². The molecule has 0 unspecified atom stereocenters. The van der Waals surface area contributed by atoms with Crippen LogP contribution in [0.2, 0.25) is 0 Å². The minimum atomic E-state index is -6.00.